The van der Waals surface area contributed by atoms with Gasteiger partial charge in [0.1, 0.15) is 11.2 Å². The Bertz CT molecular complexity index is 1350. The first-order valence-corrected chi connectivity index (χ1v) is 10.8. The Labute approximate surface area is 190 Å². The maximum atomic E-state index is 12.7. The molecule has 3 aromatic carbocycles. The normalized spacial score (nSPS) is 13.4. The Morgan fingerprint density at radius 1 is 1.06 bits per heavy atom. The number of benzene rings is 3. The van der Waals surface area contributed by atoms with Crippen molar-refractivity contribution in [3.05, 3.63) is 81.9 Å². The summed E-state index contributed by atoms with van der Waals surface area (Å²) < 4.78 is 5.85. The molecular formula is C25H22N4O4. The van der Waals surface area contributed by atoms with Crippen LogP contribution in [-0.2, 0) is 0 Å². The Morgan fingerprint density at radius 3 is 2.55 bits per heavy atom. The Kier molecular flexibility index (Phi) is 5.26. The topological polar surface area (TPSA) is 102 Å². The van der Waals surface area contributed by atoms with Gasteiger partial charge >= 0.3 is 0 Å². The number of nitro groups is 1. The minimum atomic E-state index is -0.430. The summed E-state index contributed by atoms with van der Waals surface area (Å²) >= 11 is 0. The van der Waals surface area contributed by atoms with E-state index in [1.54, 1.807) is 24.3 Å². The zero-order chi connectivity index (χ0) is 22.9. The minimum Gasteiger partial charge on any atom is -0.436 e. The average molecular weight is 442 g/mol. The van der Waals surface area contributed by atoms with Crippen LogP contribution in [0.2, 0.25) is 0 Å². The third-order valence-electron chi connectivity index (χ3n) is 5.81. The molecular weight excluding hydrogens is 420 g/mol. The third kappa shape index (κ3) is 4.15. The zero-order valence-electron chi connectivity index (χ0n) is 18.1. The van der Waals surface area contributed by atoms with Crippen molar-refractivity contribution < 1.29 is 14.1 Å². The van der Waals surface area contributed by atoms with Crippen molar-refractivity contribution in [3.8, 4) is 11.5 Å². The molecule has 0 aliphatic carbocycles. The second-order valence-electron chi connectivity index (χ2n) is 8.18. The first kappa shape index (κ1) is 20.7. The molecule has 0 unspecified atom stereocenters. The van der Waals surface area contributed by atoms with Crippen LogP contribution in [0.3, 0.4) is 0 Å². The number of fused-ring (bicyclic) bond motifs is 1. The van der Waals surface area contributed by atoms with Crippen LogP contribution in [0.25, 0.3) is 22.6 Å². The van der Waals surface area contributed by atoms with E-state index in [0.29, 0.717) is 17.3 Å². The van der Waals surface area contributed by atoms with Gasteiger partial charge < -0.3 is 14.6 Å². The molecule has 8 nitrogen and oxygen atoms in total. The molecule has 5 rings (SSSR count). The first-order valence-electron chi connectivity index (χ1n) is 10.8. The number of nitro benzene ring substituents is 1. The maximum Gasteiger partial charge on any atom is 0.293 e. The van der Waals surface area contributed by atoms with Crippen LogP contribution in [0, 0.1) is 17.0 Å². The number of carbonyl (C=O) groups excluding carboxylic acids is 1. The lowest BCUT2D eigenvalue weighted by Crippen LogP contribution is -2.19. The van der Waals surface area contributed by atoms with Crippen molar-refractivity contribution in [2.75, 3.05) is 23.3 Å². The summed E-state index contributed by atoms with van der Waals surface area (Å²) in [6.45, 7) is 3.57. The van der Waals surface area contributed by atoms with Crippen molar-refractivity contribution in [1.29, 1.82) is 0 Å². The highest BCUT2D eigenvalue weighted by molar-refractivity contribution is 6.05. The number of rotatable bonds is 5. The molecule has 2 heterocycles. The summed E-state index contributed by atoms with van der Waals surface area (Å²) in [6, 6.07) is 17.6. The fraction of sp³-hybridized carbons (Fsp3) is 0.200. The molecule has 1 aliphatic heterocycles. The van der Waals surface area contributed by atoms with Crippen molar-refractivity contribution in [2.24, 2.45) is 0 Å². The summed E-state index contributed by atoms with van der Waals surface area (Å²) in [7, 11) is 0. The van der Waals surface area contributed by atoms with E-state index in [4.69, 9.17) is 4.42 Å². The van der Waals surface area contributed by atoms with Gasteiger partial charge in [-0.05, 0) is 73.9 Å². The van der Waals surface area contributed by atoms with E-state index in [1.165, 1.54) is 6.07 Å². The smallest absolute Gasteiger partial charge is 0.293 e. The van der Waals surface area contributed by atoms with Crippen LogP contribution in [0.4, 0.5) is 17.1 Å². The summed E-state index contributed by atoms with van der Waals surface area (Å²) in [4.78, 5) is 30.4. The molecule has 1 N–H and O–H groups in total. The number of aryl methyl sites for hydroxylation is 1. The Morgan fingerprint density at radius 2 is 1.82 bits per heavy atom. The van der Waals surface area contributed by atoms with Gasteiger partial charge in [-0.2, -0.15) is 0 Å². The van der Waals surface area contributed by atoms with Crippen molar-refractivity contribution in [3.63, 3.8) is 0 Å². The molecule has 0 atom stereocenters. The van der Waals surface area contributed by atoms with Gasteiger partial charge in [0.2, 0.25) is 5.89 Å². The van der Waals surface area contributed by atoms with Crippen molar-refractivity contribution in [1.82, 2.24) is 4.98 Å². The quantitative estimate of drug-likeness (QED) is 0.321. The second kappa shape index (κ2) is 8.38. The monoisotopic (exact) mass is 442 g/mol. The summed E-state index contributed by atoms with van der Waals surface area (Å²) in [6.07, 6.45) is 2.02. The number of anilines is 2. The molecule has 1 saturated heterocycles. The molecule has 166 valence electrons. The predicted octanol–water partition coefficient (Wildman–Crippen LogP) is 5.56. The van der Waals surface area contributed by atoms with Crippen molar-refractivity contribution >= 4 is 34.1 Å². The van der Waals surface area contributed by atoms with Gasteiger partial charge in [-0.1, -0.05) is 6.07 Å². The fourth-order valence-electron chi connectivity index (χ4n) is 4.09. The molecule has 0 bridgehead atoms. The highest BCUT2D eigenvalue weighted by atomic mass is 16.6. The Hall–Kier alpha value is -4.20. The second-order valence-corrected chi connectivity index (χ2v) is 8.18. The lowest BCUT2D eigenvalue weighted by molar-refractivity contribution is -0.384. The zero-order valence-corrected chi connectivity index (χ0v) is 18.1. The number of nitrogens with one attached hydrogen (secondary N) is 1. The molecule has 0 radical (unpaired) electrons. The van der Waals surface area contributed by atoms with Crippen molar-refractivity contribution in [2.45, 2.75) is 19.8 Å². The van der Waals surface area contributed by atoms with E-state index in [9.17, 15) is 14.9 Å². The fourth-order valence-corrected chi connectivity index (χ4v) is 4.09. The van der Waals surface area contributed by atoms with Gasteiger partial charge in [-0.3, -0.25) is 14.9 Å². The van der Waals surface area contributed by atoms with Gasteiger partial charge in [0, 0.05) is 36.0 Å². The van der Waals surface area contributed by atoms with E-state index in [0.717, 1.165) is 48.2 Å². The number of oxazole rings is 1. The van der Waals surface area contributed by atoms with Crippen LogP contribution in [0.5, 0.6) is 0 Å². The van der Waals surface area contributed by atoms with E-state index in [1.807, 2.05) is 42.2 Å². The molecule has 1 fully saturated rings. The molecule has 8 heteroatoms. The minimum absolute atomic E-state index is 0.0499. The molecule has 0 spiro atoms. The number of aromatic nitrogens is 1. The number of amides is 1. The molecule has 1 amide bonds. The standard InChI is InChI=1S/C25H22N4O4/c1-16-4-10-20-23(14-16)33-25(27-20)17-5-8-19(9-6-17)26-24(30)18-7-11-21(22(15-18)29(31)32)28-12-2-3-13-28/h4-11,14-15H,2-3,12-13H2,1H3,(H,26,30). The van der Waals surface area contributed by atoms with E-state index >= 15 is 0 Å². The summed E-state index contributed by atoms with van der Waals surface area (Å²) in [5.74, 6) is 0.0952. The lowest BCUT2D eigenvalue weighted by atomic mass is 10.1. The highest BCUT2D eigenvalue weighted by Crippen LogP contribution is 2.32. The van der Waals surface area contributed by atoms with Gasteiger partial charge in [-0.25, -0.2) is 4.98 Å². The van der Waals surface area contributed by atoms with Crippen LogP contribution >= 0.6 is 0 Å². The lowest BCUT2D eigenvalue weighted by Gasteiger charge is -2.17. The number of nitrogens with zero attached hydrogens (tertiary/aromatic N) is 3. The average Bonchev–Trinajstić information content (AvgIpc) is 3.49. The predicted molar refractivity (Wildman–Crippen MR) is 127 cm³/mol. The van der Waals surface area contributed by atoms with Gasteiger partial charge in [0.15, 0.2) is 5.58 Å². The molecule has 4 aromatic rings. The molecule has 0 saturated carbocycles. The summed E-state index contributed by atoms with van der Waals surface area (Å²) in [5, 5.41) is 14.4. The molecule has 1 aromatic heterocycles. The van der Waals surface area contributed by atoms with E-state index < -0.39 is 10.8 Å². The highest BCUT2D eigenvalue weighted by Gasteiger charge is 2.24. The molecule has 33 heavy (non-hydrogen) atoms. The summed E-state index contributed by atoms with van der Waals surface area (Å²) in [5.41, 5.74) is 4.71. The van der Waals surface area contributed by atoms with E-state index in [2.05, 4.69) is 10.3 Å². The third-order valence-corrected chi connectivity index (χ3v) is 5.81. The van der Waals surface area contributed by atoms with Crippen LogP contribution < -0.4 is 10.2 Å². The van der Waals surface area contributed by atoms with Gasteiger partial charge in [0.25, 0.3) is 11.6 Å². The van der Waals surface area contributed by atoms with Gasteiger partial charge in [0.05, 0.1) is 4.92 Å². The number of carbonyl (C=O) groups is 1. The SMILES string of the molecule is Cc1ccc2nc(-c3ccc(NC(=O)c4ccc(N5CCCC5)c([N+](=O)[O-])c4)cc3)oc2c1. The first-order chi connectivity index (χ1) is 16.0. The van der Waals surface area contributed by atoms with E-state index in [-0.39, 0.29) is 11.3 Å². The van der Waals surface area contributed by atoms with Crippen LogP contribution in [-0.4, -0.2) is 28.9 Å². The van der Waals surface area contributed by atoms with Crippen LogP contribution in [0.1, 0.15) is 28.8 Å². The van der Waals surface area contributed by atoms with Gasteiger partial charge in [-0.15, -0.1) is 0 Å². The number of hydrogen-bond acceptors (Lipinski definition) is 6. The largest absolute Gasteiger partial charge is 0.436 e. The Balaban J connectivity index is 1.34. The molecule has 1 aliphatic rings. The number of hydrogen-bond donors (Lipinski definition) is 1. The van der Waals surface area contributed by atoms with Crippen LogP contribution in [0.15, 0.2) is 65.1 Å². The maximum absolute atomic E-state index is 12.7.